The Kier molecular flexibility index (Phi) is 5.73. The molecule has 1 N–H and O–H groups in total. The van der Waals surface area contributed by atoms with Gasteiger partial charge in [0.25, 0.3) is 0 Å². The van der Waals surface area contributed by atoms with Gasteiger partial charge in [-0.1, -0.05) is 55.7 Å². The number of urea groups is 1. The zero-order chi connectivity index (χ0) is 18.5. The van der Waals surface area contributed by atoms with Crippen LogP contribution in [0.4, 0.5) is 16.2 Å². The van der Waals surface area contributed by atoms with Crippen LogP contribution in [0, 0.1) is 0 Å². The van der Waals surface area contributed by atoms with Crippen molar-refractivity contribution >= 4 is 17.4 Å². The van der Waals surface area contributed by atoms with Gasteiger partial charge in [0.15, 0.2) is 0 Å². The number of nitrogens with one attached hydrogen (secondary N) is 1. The lowest BCUT2D eigenvalue weighted by Crippen LogP contribution is -2.45. The topological polar surface area (TPSA) is 35.6 Å². The fraction of sp³-hybridized carbons (Fsp3) is 0.435. The molecule has 0 aromatic heterocycles. The summed E-state index contributed by atoms with van der Waals surface area (Å²) in [6, 6.07) is 20.7. The number of amides is 2. The maximum Gasteiger partial charge on any atom is 0.326 e. The molecule has 1 atom stereocenters. The zero-order valence-corrected chi connectivity index (χ0v) is 15.9. The Morgan fingerprint density at radius 3 is 2.04 bits per heavy atom. The van der Waals surface area contributed by atoms with Crippen LogP contribution in [0.15, 0.2) is 60.7 Å². The number of hydrogen-bond donors (Lipinski definition) is 1. The molecule has 142 valence electrons. The van der Waals surface area contributed by atoms with Crippen molar-refractivity contribution < 1.29 is 4.79 Å². The Balaban J connectivity index is 1.45. The first-order chi connectivity index (χ1) is 13.3. The minimum absolute atomic E-state index is 0.0390. The molecule has 2 amide bonds. The number of hydrogen-bond acceptors (Lipinski definition) is 2. The second kappa shape index (κ2) is 8.57. The first-order valence-electron chi connectivity index (χ1n) is 10.3. The molecule has 2 fully saturated rings. The highest BCUT2D eigenvalue weighted by Crippen LogP contribution is 2.27. The molecule has 1 heterocycles. The molecular formula is C23H29N3O. The van der Waals surface area contributed by atoms with Crippen LogP contribution in [0.3, 0.4) is 0 Å². The fourth-order valence-corrected chi connectivity index (χ4v) is 4.46. The van der Waals surface area contributed by atoms with E-state index in [1.54, 1.807) is 4.90 Å². The number of para-hydroxylation sites is 2. The summed E-state index contributed by atoms with van der Waals surface area (Å²) in [5.74, 6) is 0. The Morgan fingerprint density at radius 1 is 0.852 bits per heavy atom. The average molecular weight is 364 g/mol. The van der Waals surface area contributed by atoms with Crippen molar-refractivity contribution in [3.8, 4) is 0 Å². The van der Waals surface area contributed by atoms with Gasteiger partial charge in [0.05, 0.1) is 11.4 Å². The van der Waals surface area contributed by atoms with Crippen molar-refractivity contribution in [1.82, 2.24) is 10.2 Å². The summed E-state index contributed by atoms with van der Waals surface area (Å²) in [6.07, 6.45) is 7.77. The molecular weight excluding hydrogens is 334 g/mol. The predicted molar refractivity (Wildman–Crippen MR) is 110 cm³/mol. The molecule has 2 aromatic carbocycles. The third-order valence-corrected chi connectivity index (χ3v) is 5.87. The summed E-state index contributed by atoms with van der Waals surface area (Å²) < 4.78 is 0. The molecule has 4 nitrogen and oxygen atoms in total. The van der Waals surface area contributed by atoms with Gasteiger partial charge in [0.1, 0.15) is 0 Å². The number of rotatable bonds is 4. The second-order valence-electron chi connectivity index (χ2n) is 7.73. The third kappa shape index (κ3) is 4.33. The van der Waals surface area contributed by atoms with Crippen LogP contribution in [-0.4, -0.2) is 36.1 Å². The van der Waals surface area contributed by atoms with Gasteiger partial charge in [-0.3, -0.25) is 9.80 Å². The third-order valence-electron chi connectivity index (χ3n) is 5.87. The van der Waals surface area contributed by atoms with Crippen LogP contribution >= 0.6 is 0 Å². The molecule has 1 unspecified atom stereocenters. The normalized spacial score (nSPS) is 21.1. The Hall–Kier alpha value is -2.33. The number of carbonyl (C=O) groups is 1. The first kappa shape index (κ1) is 18.1. The summed E-state index contributed by atoms with van der Waals surface area (Å²) in [5.41, 5.74) is 1.78. The van der Waals surface area contributed by atoms with Crippen molar-refractivity contribution in [1.29, 1.82) is 0 Å². The molecule has 1 saturated heterocycles. The van der Waals surface area contributed by atoms with E-state index in [1.165, 1.54) is 32.1 Å². The Bertz CT molecular complexity index is 688. The van der Waals surface area contributed by atoms with E-state index >= 15 is 0 Å². The van der Waals surface area contributed by atoms with Crippen LogP contribution in [0.5, 0.6) is 0 Å². The van der Waals surface area contributed by atoms with Crippen molar-refractivity contribution in [3.63, 3.8) is 0 Å². The molecule has 4 rings (SSSR count). The quantitative estimate of drug-likeness (QED) is 0.835. The maximum atomic E-state index is 13.2. The van der Waals surface area contributed by atoms with E-state index in [0.717, 1.165) is 36.9 Å². The molecule has 27 heavy (non-hydrogen) atoms. The molecule has 2 aromatic rings. The van der Waals surface area contributed by atoms with E-state index in [9.17, 15) is 4.79 Å². The minimum Gasteiger partial charge on any atom is -0.333 e. The van der Waals surface area contributed by atoms with Crippen molar-refractivity contribution in [3.05, 3.63) is 60.7 Å². The van der Waals surface area contributed by atoms with E-state index in [0.29, 0.717) is 0 Å². The van der Waals surface area contributed by atoms with Crippen LogP contribution in [0.1, 0.15) is 38.5 Å². The lowest BCUT2D eigenvalue weighted by Gasteiger charge is -2.31. The number of carbonyl (C=O) groups excluding carboxylic acids is 1. The van der Waals surface area contributed by atoms with Gasteiger partial charge < -0.3 is 5.32 Å². The molecule has 0 bridgehead atoms. The lowest BCUT2D eigenvalue weighted by molar-refractivity contribution is 0.187. The van der Waals surface area contributed by atoms with Crippen LogP contribution in [-0.2, 0) is 0 Å². The molecule has 0 radical (unpaired) electrons. The maximum absolute atomic E-state index is 13.2. The number of likely N-dealkylation sites (tertiary alicyclic amines) is 1. The molecule has 0 spiro atoms. The van der Waals surface area contributed by atoms with Gasteiger partial charge in [0, 0.05) is 25.2 Å². The molecule has 1 saturated carbocycles. The summed E-state index contributed by atoms with van der Waals surface area (Å²) in [5, 5.41) is 3.29. The van der Waals surface area contributed by atoms with Crippen LogP contribution in [0.25, 0.3) is 0 Å². The zero-order valence-electron chi connectivity index (χ0n) is 15.9. The smallest absolute Gasteiger partial charge is 0.326 e. The first-order valence-corrected chi connectivity index (χ1v) is 10.3. The summed E-state index contributed by atoms with van der Waals surface area (Å²) in [4.78, 5) is 17.6. The van der Waals surface area contributed by atoms with Gasteiger partial charge in [-0.25, -0.2) is 4.79 Å². The van der Waals surface area contributed by atoms with Gasteiger partial charge in [-0.05, 0) is 43.5 Å². The highest BCUT2D eigenvalue weighted by molar-refractivity contribution is 5.99. The molecule has 1 aliphatic heterocycles. The highest BCUT2D eigenvalue weighted by Gasteiger charge is 2.31. The van der Waals surface area contributed by atoms with Gasteiger partial charge in [-0.15, -0.1) is 0 Å². The van der Waals surface area contributed by atoms with Crippen molar-refractivity contribution in [2.75, 3.05) is 18.0 Å². The predicted octanol–water partition coefficient (Wildman–Crippen LogP) is 4.94. The van der Waals surface area contributed by atoms with Gasteiger partial charge in [-0.2, -0.15) is 0 Å². The Labute approximate surface area is 162 Å². The number of nitrogens with zero attached hydrogens (tertiary/aromatic N) is 2. The van der Waals surface area contributed by atoms with E-state index < -0.39 is 0 Å². The standard InChI is InChI=1S/C23H29N3O/c27-23(24-19-16-17-25(18-19)20-10-4-1-5-11-20)26(21-12-6-2-7-13-21)22-14-8-3-9-15-22/h2-3,6-9,12-15,19-20H,1,4-5,10-11,16-18H2,(H,24,27). The monoisotopic (exact) mass is 363 g/mol. The highest BCUT2D eigenvalue weighted by atomic mass is 16.2. The van der Waals surface area contributed by atoms with E-state index in [-0.39, 0.29) is 12.1 Å². The number of anilines is 2. The van der Waals surface area contributed by atoms with E-state index in [2.05, 4.69) is 10.2 Å². The van der Waals surface area contributed by atoms with Gasteiger partial charge in [0.2, 0.25) is 0 Å². The summed E-state index contributed by atoms with van der Waals surface area (Å²) in [6.45, 7) is 2.08. The lowest BCUT2D eigenvalue weighted by atomic mass is 9.94. The van der Waals surface area contributed by atoms with Gasteiger partial charge >= 0.3 is 6.03 Å². The Morgan fingerprint density at radius 2 is 1.44 bits per heavy atom. The van der Waals surface area contributed by atoms with Crippen LogP contribution < -0.4 is 10.2 Å². The van der Waals surface area contributed by atoms with Crippen LogP contribution in [0.2, 0.25) is 0 Å². The molecule has 1 aliphatic carbocycles. The number of benzene rings is 2. The summed E-state index contributed by atoms with van der Waals surface area (Å²) >= 11 is 0. The second-order valence-corrected chi connectivity index (χ2v) is 7.73. The summed E-state index contributed by atoms with van der Waals surface area (Å²) in [7, 11) is 0. The fourth-order valence-electron chi connectivity index (χ4n) is 4.46. The SMILES string of the molecule is O=C(NC1CCN(C2CCCCC2)C1)N(c1ccccc1)c1ccccc1. The average Bonchev–Trinajstić information content (AvgIpc) is 3.19. The largest absolute Gasteiger partial charge is 0.333 e. The minimum atomic E-state index is -0.0390. The van der Waals surface area contributed by atoms with Crippen molar-refractivity contribution in [2.45, 2.75) is 50.6 Å². The van der Waals surface area contributed by atoms with E-state index in [1.807, 2.05) is 60.7 Å². The van der Waals surface area contributed by atoms with Crippen molar-refractivity contribution in [2.24, 2.45) is 0 Å². The van der Waals surface area contributed by atoms with E-state index in [4.69, 9.17) is 0 Å². The molecule has 2 aliphatic rings. The molecule has 4 heteroatoms.